The highest BCUT2D eigenvalue weighted by molar-refractivity contribution is 5.90. The van der Waals surface area contributed by atoms with Crippen LogP contribution in [0.4, 0.5) is 19.3 Å². The summed E-state index contributed by atoms with van der Waals surface area (Å²) in [4.78, 5) is 28.0. The highest BCUT2D eigenvalue weighted by Gasteiger charge is 2.32. The van der Waals surface area contributed by atoms with Gasteiger partial charge in [-0.2, -0.15) is 0 Å². The Labute approximate surface area is 154 Å². The number of anilines is 1. The highest BCUT2D eigenvalue weighted by Crippen LogP contribution is 2.26. The molecule has 1 aromatic heterocycles. The molecule has 1 aliphatic rings. The van der Waals surface area contributed by atoms with Crippen LogP contribution in [0.25, 0.3) is 11.9 Å². The van der Waals surface area contributed by atoms with Gasteiger partial charge in [-0.1, -0.05) is 0 Å². The molecule has 2 amide bonds. The first-order valence-corrected chi connectivity index (χ1v) is 8.24. The van der Waals surface area contributed by atoms with Gasteiger partial charge in [0.15, 0.2) is 0 Å². The van der Waals surface area contributed by atoms with Crippen molar-refractivity contribution in [1.29, 1.82) is 0 Å². The fourth-order valence-corrected chi connectivity index (χ4v) is 2.62. The summed E-state index contributed by atoms with van der Waals surface area (Å²) in [5.41, 5.74) is 0.578. The largest absolute Gasteiger partial charge is 0.442 e. The molecule has 27 heavy (non-hydrogen) atoms. The molecule has 0 spiro atoms. The number of hydrogen-bond acceptors (Lipinski definition) is 4. The van der Waals surface area contributed by atoms with E-state index in [4.69, 9.17) is 4.74 Å². The summed E-state index contributed by atoms with van der Waals surface area (Å²) in [6, 6.07) is 7.14. The number of rotatable bonds is 5. The van der Waals surface area contributed by atoms with Crippen molar-refractivity contribution in [2.75, 3.05) is 18.0 Å². The van der Waals surface area contributed by atoms with Gasteiger partial charge in [-0.3, -0.25) is 14.7 Å². The molecule has 1 saturated heterocycles. The summed E-state index contributed by atoms with van der Waals surface area (Å²) in [6.07, 6.45) is 2.77. The molecule has 0 aliphatic carbocycles. The van der Waals surface area contributed by atoms with Gasteiger partial charge in [0, 0.05) is 30.4 Å². The summed E-state index contributed by atoms with van der Waals surface area (Å²) < 4.78 is 33.7. The molecule has 8 heteroatoms. The van der Waals surface area contributed by atoms with Crippen molar-refractivity contribution in [2.24, 2.45) is 0 Å². The molecule has 1 atom stereocenters. The van der Waals surface area contributed by atoms with Crippen LogP contribution in [-0.4, -0.2) is 36.2 Å². The molecule has 1 aromatic carbocycles. The summed E-state index contributed by atoms with van der Waals surface area (Å²) in [5.74, 6) is -1.53. The molecule has 2 heterocycles. The van der Waals surface area contributed by atoms with E-state index < -0.39 is 23.8 Å². The van der Waals surface area contributed by atoms with Gasteiger partial charge in [0.2, 0.25) is 5.91 Å². The first-order chi connectivity index (χ1) is 12.9. The maximum Gasteiger partial charge on any atom is 0.414 e. The van der Waals surface area contributed by atoms with Crippen LogP contribution in [-0.2, 0) is 9.53 Å². The third-order valence-corrected chi connectivity index (χ3v) is 3.97. The minimum Gasteiger partial charge on any atom is -0.442 e. The molecule has 140 valence electrons. The smallest absolute Gasteiger partial charge is 0.414 e. The molecular weight excluding hydrogens is 356 g/mol. The van der Waals surface area contributed by atoms with E-state index in [0.29, 0.717) is 5.69 Å². The van der Waals surface area contributed by atoms with Gasteiger partial charge < -0.3 is 10.1 Å². The van der Waals surface area contributed by atoms with Crippen molar-refractivity contribution >= 4 is 29.6 Å². The molecule has 3 rings (SSSR count). The minimum atomic E-state index is -0.676. The SMILES string of the molecule is CC(=O)NC[C@H]1CN(c2ccc(/C=C(/F)c3cccnc3)c(F)c2)C(=O)O1. The van der Waals surface area contributed by atoms with Gasteiger partial charge in [-0.25, -0.2) is 13.6 Å². The lowest BCUT2D eigenvalue weighted by Gasteiger charge is -2.14. The average molecular weight is 373 g/mol. The number of carbonyl (C=O) groups is 2. The van der Waals surface area contributed by atoms with Crippen molar-refractivity contribution in [3.8, 4) is 0 Å². The summed E-state index contributed by atoms with van der Waals surface area (Å²) in [5, 5.41) is 2.57. The van der Waals surface area contributed by atoms with Gasteiger partial charge >= 0.3 is 6.09 Å². The highest BCUT2D eigenvalue weighted by atomic mass is 19.1. The number of nitrogens with one attached hydrogen (secondary N) is 1. The lowest BCUT2D eigenvalue weighted by atomic mass is 10.1. The van der Waals surface area contributed by atoms with Gasteiger partial charge in [0.1, 0.15) is 17.7 Å². The predicted octanol–water partition coefficient (Wildman–Crippen LogP) is 3.15. The number of ether oxygens (including phenoxy) is 1. The Bertz CT molecular complexity index is 887. The van der Waals surface area contributed by atoms with Crippen LogP contribution in [0.5, 0.6) is 0 Å². The van der Waals surface area contributed by atoms with E-state index in [1.54, 1.807) is 6.07 Å². The molecule has 1 aliphatic heterocycles. The van der Waals surface area contributed by atoms with Gasteiger partial charge in [0.25, 0.3) is 0 Å². The third-order valence-electron chi connectivity index (χ3n) is 3.97. The van der Waals surface area contributed by atoms with E-state index in [2.05, 4.69) is 10.3 Å². The summed E-state index contributed by atoms with van der Waals surface area (Å²) >= 11 is 0. The summed E-state index contributed by atoms with van der Waals surface area (Å²) in [6.45, 7) is 1.72. The quantitative estimate of drug-likeness (QED) is 0.874. The Hall–Kier alpha value is -3.29. The molecule has 2 aromatic rings. The number of halogens is 2. The van der Waals surface area contributed by atoms with E-state index in [1.807, 2.05) is 0 Å². The van der Waals surface area contributed by atoms with Gasteiger partial charge in [-0.05, 0) is 36.4 Å². The number of pyridine rings is 1. The van der Waals surface area contributed by atoms with Crippen molar-refractivity contribution < 1.29 is 23.1 Å². The zero-order chi connectivity index (χ0) is 19.4. The van der Waals surface area contributed by atoms with E-state index in [-0.39, 0.29) is 30.1 Å². The van der Waals surface area contributed by atoms with E-state index in [9.17, 15) is 18.4 Å². The Morgan fingerprint density at radius 3 is 2.93 bits per heavy atom. The Kier molecular flexibility index (Phi) is 5.44. The molecule has 0 unspecified atom stereocenters. The Morgan fingerprint density at radius 2 is 2.26 bits per heavy atom. The monoisotopic (exact) mass is 373 g/mol. The fraction of sp³-hybridized carbons (Fsp3) is 0.211. The standard InChI is InChI=1S/C19H17F2N3O3/c1-12(25)23-10-16-11-24(19(26)27-16)15-5-4-13(18(21)8-15)7-17(20)14-3-2-6-22-9-14/h2-9,16H,10-11H2,1H3,(H,23,25)/b17-7+/t16-/m0/s1. The molecule has 1 N–H and O–H groups in total. The second kappa shape index (κ2) is 7.94. The Morgan fingerprint density at radius 1 is 1.44 bits per heavy atom. The van der Waals surface area contributed by atoms with Crippen molar-refractivity contribution in [3.05, 3.63) is 59.7 Å². The van der Waals surface area contributed by atoms with E-state index >= 15 is 0 Å². The van der Waals surface area contributed by atoms with Crippen LogP contribution >= 0.6 is 0 Å². The summed E-state index contributed by atoms with van der Waals surface area (Å²) in [7, 11) is 0. The lowest BCUT2D eigenvalue weighted by Crippen LogP contribution is -2.33. The number of aromatic nitrogens is 1. The van der Waals surface area contributed by atoms with Crippen LogP contribution in [0.1, 0.15) is 18.1 Å². The van der Waals surface area contributed by atoms with Crippen molar-refractivity contribution in [3.63, 3.8) is 0 Å². The number of amides is 2. The van der Waals surface area contributed by atoms with Crippen molar-refractivity contribution in [2.45, 2.75) is 13.0 Å². The van der Waals surface area contributed by atoms with Crippen molar-refractivity contribution in [1.82, 2.24) is 10.3 Å². The third kappa shape index (κ3) is 4.46. The molecule has 6 nitrogen and oxygen atoms in total. The van der Waals surface area contributed by atoms with Crippen LogP contribution in [0, 0.1) is 5.82 Å². The van der Waals surface area contributed by atoms with Gasteiger partial charge in [-0.15, -0.1) is 0 Å². The predicted molar refractivity (Wildman–Crippen MR) is 95.9 cm³/mol. The first kappa shape index (κ1) is 18.5. The van der Waals surface area contributed by atoms with Crippen LogP contribution in [0.3, 0.4) is 0 Å². The number of carbonyl (C=O) groups excluding carboxylic acids is 2. The fourth-order valence-electron chi connectivity index (χ4n) is 2.62. The van der Waals surface area contributed by atoms with Gasteiger partial charge in [0.05, 0.1) is 18.8 Å². The van der Waals surface area contributed by atoms with Crippen LogP contribution < -0.4 is 10.2 Å². The number of cyclic esters (lactones) is 1. The molecule has 1 fully saturated rings. The van der Waals surface area contributed by atoms with E-state index in [0.717, 1.165) is 12.1 Å². The number of nitrogens with zero attached hydrogens (tertiary/aromatic N) is 2. The minimum absolute atomic E-state index is 0.0439. The topological polar surface area (TPSA) is 71.5 Å². The molecule has 0 saturated carbocycles. The van der Waals surface area contributed by atoms with Crippen LogP contribution in [0.2, 0.25) is 0 Å². The molecule has 0 bridgehead atoms. The maximum absolute atomic E-state index is 14.4. The first-order valence-electron chi connectivity index (χ1n) is 8.24. The Balaban J connectivity index is 1.75. The zero-order valence-corrected chi connectivity index (χ0v) is 14.5. The number of benzene rings is 1. The second-order valence-electron chi connectivity index (χ2n) is 5.99. The normalized spacial score (nSPS) is 17.0. The average Bonchev–Trinajstić information content (AvgIpc) is 3.03. The zero-order valence-electron chi connectivity index (χ0n) is 14.5. The van der Waals surface area contributed by atoms with E-state index in [1.165, 1.54) is 42.4 Å². The number of hydrogen-bond donors (Lipinski definition) is 1. The van der Waals surface area contributed by atoms with Crippen LogP contribution in [0.15, 0.2) is 42.7 Å². The molecule has 0 radical (unpaired) electrons. The molecular formula is C19H17F2N3O3. The maximum atomic E-state index is 14.4. The lowest BCUT2D eigenvalue weighted by molar-refractivity contribution is -0.119. The second-order valence-corrected chi connectivity index (χ2v) is 5.99.